The molecule has 1 fully saturated rings. The molecule has 162 valence electrons. The summed E-state index contributed by atoms with van der Waals surface area (Å²) in [5, 5.41) is 13.8. The Hall–Kier alpha value is -3.33. The van der Waals surface area contributed by atoms with Crippen LogP contribution in [0.2, 0.25) is 0 Å². The summed E-state index contributed by atoms with van der Waals surface area (Å²) in [4.78, 5) is 39.2. The van der Waals surface area contributed by atoms with Crippen molar-refractivity contribution in [2.24, 2.45) is 0 Å². The third kappa shape index (κ3) is 4.56. The molecule has 31 heavy (non-hydrogen) atoms. The van der Waals surface area contributed by atoms with Gasteiger partial charge in [0, 0.05) is 31.7 Å². The number of fused-ring (bicyclic) bond motifs is 1. The lowest BCUT2D eigenvalue weighted by Gasteiger charge is -2.39. The summed E-state index contributed by atoms with van der Waals surface area (Å²) in [7, 11) is 0. The molecule has 1 aliphatic heterocycles. The molecule has 9 heteroatoms. The maximum atomic E-state index is 12.8. The fourth-order valence-corrected chi connectivity index (χ4v) is 3.89. The number of carbonyl (C=O) groups excluding carboxylic acids is 2. The van der Waals surface area contributed by atoms with Crippen LogP contribution in [0.5, 0.6) is 0 Å². The summed E-state index contributed by atoms with van der Waals surface area (Å²) >= 11 is 0. The Kier molecular flexibility index (Phi) is 5.69. The number of aromatic nitrogens is 4. The zero-order valence-electron chi connectivity index (χ0n) is 17.7. The highest BCUT2D eigenvalue weighted by Gasteiger charge is 2.35. The van der Waals surface area contributed by atoms with Crippen molar-refractivity contribution in [2.45, 2.75) is 44.9 Å². The van der Waals surface area contributed by atoms with Crippen molar-refractivity contribution in [1.29, 1.82) is 0 Å². The highest BCUT2D eigenvalue weighted by Crippen LogP contribution is 2.26. The molecule has 1 unspecified atom stereocenters. The summed E-state index contributed by atoms with van der Waals surface area (Å²) in [6.45, 7) is 4.74. The van der Waals surface area contributed by atoms with Crippen LogP contribution >= 0.6 is 0 Å². The Bertz CT molecular complexity index is 1090. The van der Waals surface area contributed by atoms with E-state index in [-0.39, 0.29) is 11.6 Å². The minimum Gasteiger partial charge on any atom is -0.388 e. The van der Waals surface area contributed by atoms with E-state index in [9.17, 15) is 14.7 Å². The number of likely N-dealkylation sites (tertiary alicyclic amines) is 1. The number of pyridine rings is 1. The Morgan fingerprint density at radius 2 is 1.97 bits per heavy atom. The molecule has 1 atom stereocenters. The number of nitrogens with zero attached hydrogens (tertiary/aromatic N) is 5. The highest BCUT2D eigenvalue weighted by molar-refractivity contribution is 5.95. The van der Waals surface area contributed by atoms with Gasteiger partial charge in [-0.2, -0.15) is 0 Å². The fourth-order valence-electron chi connectivity index (χ4n) is 3.89. The molecule has 0 aliphatic carbocycles. The van der Waals surface area contributed by atoms with Crippen molar-refractivity contribution in [3.63, 3.8) is 0 Å². The van der Waals surface area contributed by atoms with E-state index in [0.717, 1.165) is 11.0 Å². The number of piperidine rings is 1. The summed E-state index contributed by atoms with van der Waals surface area (Å²) < 4.78 is 2.01. The van der Waals surface area contributed by atoms with Gasteiger partial charge < -0.3 is 19.9 Å². The lowest BCUT2D eigenvalue weighted by atomic mass is 9.91. The van der Waals surface area contributed by atoms with Crippen LogP contribution < -0.4 is 5.32 Å². The summed E-state index contributed by atoms with van der Waals surface area (Å²) in [6, 6.07) is 5.09. The van der Waals surface area contributed by atoms with Crippen molar-refractivity contribution >= 4 is 22.8 Å². The Labute approximate surface area is 180 Å². The molecule has 2 amide bonds. The van der Waals surface area contributed by atoms with E-state index in [1.807, 2.05) is 29.0 Å². The second kappa shape index (κ2) is 8.43. The predicted octanol–water partition coefficient (Wildman–Crippen LogP) is 1.31. The van der Waals surface area contributed by atoms with Crippen molar-refractivity contribution < 1.29 is 14.7 Å². The number of hydrogen-bond donors (Lipinski definition) is 2. The average Bonchev–Trinajstić information content (AvgIpc) is 3.16. The number of carbonyl (C=O) groups is 2. The highest BCUT2D eigenvalue weighted by atomic mass is 16.3. The van der Waals surface area contributed by atoms with Crippen LogP contribution in [0.4, 0.5) is 0 Å². The van der Waals surface area contributed by atoms with Gasteiger partial charge in [-0.25, -0.2) is 4.98 Å². The van der Waals surface area contributed by atoms with Gasteiger partial charge in [-0.05, 0) is 44.9 Å². The molecular weight excluding hydrogens is 396 g/mol. The molecule has 3 aromatic heterocycles. The van der Waals surface area contributed by atoms with Gasteiger partial charge in [0.15, 0.2) is 0 Å². The lowest BCUT2D eigenvalue weighted by Crippen LogP contribution is -2.53. The zero-order valence-corrected chi connectivity index (χ0v) is 17.7. The number of aliphatic hydroxyl groups is 1. The van der Waals surface area contributed by atoms with Gasteiger partial charge in [-0.1, -0.05) is 0 Å². The molecule has 0 aromatic carbocycles. The SMILES string of the molecule is Cc1cnc(C(=O)NC(C)C(=O)N2CCC(O)(Cn3ccc4ncccc43)CC2)cn1. The first-order chi connectivity index (χ1) is 14.8. The van der Waals surface area contributed by atoms with Crippen LogP contribution in [-0.4, -0.2) is 66.1 Å². The summed E-state index contributed by atoms with van der Waals surface area (Å²) in [5.41, 5.74) is 1.85. The van der Waals surface area contributed by atoms with Gasteiger partial charge >= 0.3 is 0 Å². The molecule has 0 spiro atoms. The Balaban J connectivity index is 1.33. The van der Waals surface area contributed by atoms with Crippen molar-refractivity contribution in [3.8, 4) is 0 Å². The first kappa shape index (κ1) is 20.9. The van der Waals surface area contributed by atoms with Gasteiger partial charge in [0.1, 0.15) is 11.7 Å². The number of aryl methyl sites for hydroxylation is 1. The number of hydrogen-bond acceptors (Lipinski definition) is 6. The Morgan fingerprint density at radius 1 is 1.19 bits per heavy atom. The fraction of sp³-hybridized carbons (Fsp3) is 0.409. The maximum absolute atomic E-state index is 12.8. The Morgan fingerprint density at radius 3 is 2.68 bits per heavy atom. The van der Waals surface area contributed by atoms with Crippen LogP contribution in [0.15, 0.2) is 43.0 Å². The third-order valence-corrected chi connectivity index (χ3v) is 5.74. The van der Waals surface area contributed by atoms with E-state index in [4.69, 9.17) is 0 Å². The molecule has 2 N–H and O–H groups in total. The topological polar surface area (TPSA) is 113 Å². The first-order valence-electron chi connectivity index (χ1n) is 10.4. The number of nitrogens with one attached hydrogen (secondary N) is 1. The van der Waals surface area contributed by atoms with Crippen LogP contribution in [0.3, 0.4) is 0 Å². The third-order valence-electron chi connectivity index (χ3n) is 5.74. The van der Waals surface area contributed by atoms with E-state index in [2.05, 4.69) is 20.3 Å². The molecular formula is C22H26N6O3. The molecule has 1 aliphatic rings. The van der Waals surface area contributed by atoms with E-state index in [0.29, 0.717) is 38.2 Å². The van der Waals surface area contributed by atoms with Crippen molar-refractivity contribution in [3.05, 3.63) is 54.4 Å². The van der Waals surface area contributed by atoms with Gasteiger partial charge in [0.2, 0.25) is 5.91 Å². The molecule has 9 nitrogen and oxygen atoms in total. The van der Waals surface area contributed by atoms with Gasteiger partial charge in [0.05, 0.1) is 35.1 Å². The second-order valence-electron chi connectivity index (χ2n) is 8.14. The zero-order chi connectivity index (χ0) is 22.0. The van der Waals surface area contributed by atoms with E-state index < -0.39 is 17.6 Å². The first-order valence-corrected chi connectivity index (χ1v) is 10.4. The smallest absolute Gasteiger partial charge is 0.272 e. The molecule has 0 saturated carbocycles. The standard InChI is InChI=1S/C22H26N6O3/c1-15-12-25-18(13-24-15)20(29)26-16(2)21(30)27-10-6-22(31,7-11-27)14-28-9-5-17-19(28)4-3-8-23-17/h3-5,8-9,12-13,16,31H,6-7,10-11,14H2,1-2H3,(H,26,29). The summed E-state index contributed by atoms with van der Waals surface area (Å²) in [5.74, 6) is -0.610. The molecule has 0 radical (unpaired) electrons. The lowest BCUT2D eigenvalue weighted by molar-refractivity contribution is -0.137. The predicted molar refractivity (Wildman–Crippen MR) is 114 cm³/mol. The largest absolute Gasteiger partial charge is 0.388 e. The molecule has 0 bridgehead atoms. The van der Waals surface area contributed by atoms with Crippen molar-refractivity contribution in [1.82, 2.24) is 29.7 Å². The van der Waals surface area contributed by atoms with Crippen molar-refractivity contribution in [2.75, 3.05) is 13.1 Å². The van der Waals surface area contributed by atoms with Crippen LogP contribution in [0, 0.1) is 6.92 Å². The molecule has 4 heterocycles. The number of rotatable bonds is 5. The van der Waals surface area contributed by atoms with E-state index >= 15 is 0 Å². The van der Waals surface area contributed by atoms with E-state index in [1.54, 1.807) is 24.9 Å². The van der Waals surface area contributed by atoms with Gasteiger partial charge in [-0.15, -0.1) is 0 Å². The van der Waals surface area contributed by atoms with Crippen LogP contribution in [0.1, 0.15) is 35.9 Å². The van der Waals surface area contributed by atoms with Crippen LogP contribution in [0.25, 0.3) is 11.0 Å². The molecule has 4 rings (SSSR count). The minimum absolute atomic E-state index is 0.173. The second-order valence-corrected chi connectivity index (χ2v) is 8.14. The van der Waals surface area contributed by atoms with Gasteiger partial charge in [0.25, 0.3) is 5.91 Å². The molecule has 1 saturated heterocycles. The number of amides is 2. The maximum Gasteiger partial charge on any atom is 0.272 e. The molecule has 3 aromatic rings. The normalized spacial score (nSPS) is 16.8. The minimum atomic E-state index is -0.900. The van der Waals surface area contributed by atoms with Crippen LogP contribution in [-0.2, 0) is 11.3 Å². The monoisotopic (exact) mass is 422 g/mol. The average molecular weight is 422 g/mol. The quantitative estimate of drug-likeness (QED) is 0.641. The van der Waals surface area contributed by atoms with Gasteiger partial charge in [-0.3, -0.25) is 19.6 Å². The summed E-state index contributed by atoms with van der Waals surface area (Å²) in [6.07, 6.45) is 7.50. The van der Waals surface area contributed by atoms with E-state index in [1.165, 1.54) is 12.4 Å².